The monoisotopic (exact) mass is 226 g/mol. The van der Waals surface area contributed by atoms with Crippen LogP contribution in [0.15, 0.2) is 0 Å². The standard InChI is InChI=1S/C12H22N2O2/c1-9(2)10-6-11(8-14(16)7-10)12(15)13-4-3-5-13/h9-11,16H,3-8H2,1-2H3. The molecule has 2 aliphatic heterocycles. The highest BCUT2D eigenvalue weighted by atomic mass is 16.5. The van der Waals surface area contributed by atoms with Crippen molar-refractivity contribution in [3.8, 4) is 0 Å². The molecule has 16 heavy (non-hydrogen) atoms. The van der Waals surface area contributed by atoms with E-state index < -0.39 is 0 Å². The molecule has 2 aliphatic rings. The Balaban J connectivity index is 1.95. The second-order valence-electron chi connectivity index (χ2n) is 5.49. The molecule has 4 heteroatoms. The van der Waals surface area contributed by atoms with Crippen LogP contribution in [0.1, 0.15) is 26.7 Å². The molecule has 1 amide bonds. The molecule has 2 saturated heterocycles. The van der Waals surface area contributed by atoms with Crippen LogP contribution in [0.25, 0.3) is 0 Å². The number of hydrogen-bond donors (Lipinski definition) is 1. The van der Waals surface area contributed by atoms with Crippen LogP contribution in [-0.4, -0.2) is 47.3 Å². The second kappa shape index (κ2) is 4.72. The lowest BCUT2D eigenvalue weighted by molar-refractivity contribution is -0.162. The van der Waals surface area contributed by atoms with Crippen molar-refractivity contribution in [2.45, 2.75) is 26.7 Å². The zero-order chi connectivity index (χ0) is 11.7. The van der Waals surface area contributed by atoms with Crippen molar-refractivity contribution in [2.24, 2.45) is 17.8 Å². The minimum Gasteiger partial charge on any atom is -0.342 e. The molecule has 0 aliphatic carbocycles. The van der Waals surface area contributed by atoms with Crippen LogP contribution in [0.2, 0.25) is 0 Å². The van der Waals surface area contributed by atoms with Gasteiger partial charge in [0.15, 0.2) is 0 Å². The topological polar surface area (TPSA) is 43.8 Å². The average Bonchev–Trinajstić information content (AvgIpc) is 2.13. The molecule has 0 aromatic carbocycles. The summed E-state index contributed by atoms with van der Waals surface area (Å²) in [6, 6.07) is 0. The van der Waals surface area contributed by atoms with E-state index in [1.165, 1.54) is 5.06 Å². The minimum absolute atomic E-state index is 0.00597. The summed E-state index contributed by atoms with van der Waals surface area (Å²) >= 11 is 0. The molecule has 2 fully saturated rings. The smallest absolute Gasteiger partial charge is 0.227 e. The van der Waals surface area contributed by atoms with Crippen molar-refractivity contribution in [1.82, 2.24) is 9.96 Å². The van der Waals surface area contributed by atoms with Crippen molar-refractivity contribution >= 4 is 5.91 Å². The number of nitrogens with zero attached hydrogens (tertiary/aromatic N) is 2. The van der Waals surface area contributed by atoms with E-state index in [9.17, 15) is 10.0 Å². The molecule has 0 radical (unpaired) electrons. The van der Waals surface area contributed by atoms with Crippen molar-refractivity contribution < 1.29 is 10.0 Å². The normalized spacial score (nSPS) is 31.6. The SMILES string of the molecule is CC(C)C1CC(C(=O)N2CCC2)CN(O)C1. The molecule has 92 valence electrons. The Labute approximate surface area is 97.2 Å². The lowest BCUT2D eigenvalue weighted by Gasteiger charge is -2.40. The lowest BCUT2D eigenvalue weighted by Crippen LogP contribution is -2.51. The van der Waals surface area contributed by atoms with Gasteiger partial charge in [0.25, 0.3) is 0 Å². The summed E-state index contributed by atoms with van der Waals surface area (Å²) in [5.74, 6) is 1.22. The number of likely N-dealkylation sites (tertiary alicyclic amines) is 1. The van der Waals surface area contributed by atoms with E-state index in [-0.39, 0.29) is 11.8 Å². The third-order valence-corrected chi connectivity index (χ3v) is 3.92. The molecule has 0 spiro atoms. The quantitative estimate of drug-likeness (QED) is 0.769. The van der Waals surface area contributed by atoms with Crippen LogP contribution in [-0.2, 0) is 4.79 Å². The Morgan fingerprint density at radius 1 is 1.31 bits per heavy atom. The third-order valence-electron chi connectivity index (χ3n) is 3.92. The first-order valence-electron chi connectivity index (χ1n) is 6.30. The molecular weight excluding hydrogens is 204 g/mol. The number of hydrogen-bond acceptors (Lipinski definition) is 3. The molecule has 0 aromatic heterocycles. The summed E-state index contributed by atoms with van der Waals surface area (Å²) in [5.41, 5.74) is 0. The Kier molecular flexibility index (Phi) is 3.50. The number of rotatable bonds is 2. The molecule has 1 N–H and O–H groups in total. The fourth-order valence-electron chi connectivity index (χ4n) is 2.57. The van der Waals surface area contributed by atoms with Crippen molar-refractivity contribution in [2.75, 3.05) is 26.2 Å². The fraction of sp³-hybridized carbons (Fsp3) is 0.917. The van der Waals surface area contributed by atoms with Crippen LogP contribution in [0.4, 0.5) is 0 Å². The van der Waals surface area contributed by atoms with Crippen molar-refractivity contribution in [3.63, 3.8) is 0 Å². The summed E-state index contributed by atoms with van der Waals surface area (Å²) < 4.78 is 0. The van der Waals surface area contributed by atoms with Gasteiger partial charge in [-0.25, -0.2) is 0 Å². The maximum absolute atomic E-state index is 12.1. The van der Waals surface area contributed by atoms with Gasteiger partial charge in [0.05, 0.1) is 5.92 Å². The largest absolute Gasteiger partial charge is 0.342 e. The third kappa shape index (κ3) is 2.38. The van der Waals surface area contributed by atoms with E-state index in [2.05, 4.69) is 13.8 Å². The van der Waals surface area contributed by atoms with Crippen LogP contribution in [0.5, 0.6) is 0 Å². The Morgan fingerprint density at radius 2 is 2.00 bits per heavy atom. The highest BCUT2D eigenvalue weighted by Gasteiger charge is 2.35. The molecule has 2 atom stereocenters. The second-order valence-corrected chi connectivity index (χ2v) is 5.49. The van der Waals surface area contributed by atoms with Gasteiger partial charge in [-0.05, 0) is 24.7 Å². The predicted molar refractivity (Wildman–Crippen MR) is 61.0 cm³/mol. The maximum Gasteiger partial charge on any atom is 0.227 e. The number of hydroxylamine groups is 2. The van der Waals surface area contributed by atoms with Gasteiger partial charge in [-0.15, -0.1) is 0 Å². The Hall–Kier alpha value is -0.610. The maximum atomic E-state index is 12.1. The Bertz CT molecular complexity index is 264. The first-order valence-corrected chi connectivity index (χ1v) is 6.30. The van der Waals surface area contributed by atoms with Gasteiger partial charge >= 0.3 is 0 Å². The van der Waals surface area contributed by atoms with E-state index in [1.807, 2.05) is 4.90 Å². The molecule has 0 bridgehead atoms. The summed E-state index contributed by atoms with van der Waals surface area (Å²) in [6.07, 6.45) is 2.07. The van der Waals surface area contributed by atoms with Gasteiger partial charge in [0.2, 0.25) is 5.91 Å². The number of carbonyl (C=O) groups is 1. The van der Waals surface area contributed by atoms with E-state index in [0.717, 1.165) is 25.9 Å². The van der Waals surface area contributed by atoms with E-state index in [1.54, 1.807) is 0 Å². The number of piperidine rings is 1. The zero-order valence-electron chi connectivity index (χ0n) is 10.2. The van der Waals surface area contributed by atoms with Gasteiger partial charge in [0, 0.05) is 26.2 Å². The Morgan fingerprint density at radius 3 is 2.50 bits per heavy atom. The molecule has 4 nitrogen and oxygen atoms in total. The summed E-state index contributed by atoms with van der Waals surface area (Å²) in [5, 5.41) is 11.0. The van der Waals surface area contributed by atoms with Crippen molar-refractivity contribution in [3.05, 3.63) is 0 Å². The molecule has 2 heterocycles. The van der Waals surface area contributed by atoms with Crippen molar-refractivity contribution in [1.29, 1.82) is 0 Å². The van der Waals surface area contributed by atoms with Gasteiger partial charge in [-0.1, -0.05) is 13.8 Å². The minimum atomic E-state index is 0.00597. The van der Waals surface area contributed by atoms with Crippen LogP contribution in [0.3, 0.4) is 0 Å². The number of carbonyl (C=O) groups excluding carboxylic acids is 1. The van der Waals surface area contributed by atoms with Gasteiger partial charge in [0.1, 0.15) is 0 Å². The molecule has 2 rings (SSSR count). The van der Waals surface area contributed by atoms with E-state index in [0.29, 0.717) is 24.9 Å². The van der Waals surface area contributed by atoms with E-state index in [4.69, 9.17) is 0 Å². The molecule has 2 unspecified atom stereocenters. The predicted octanol–water partition coefficient (Wildman–Crippen LogP) is 1.20. The molecule has 0 saturated carbocycles. The number of amides is 1. The molecular formula is C12H22N2O2. The van der Waals surface area contributed by atoms with E-state index >= 15 is 0 Å². The lowest BCUT2D eigenvalue weighted by atomic mass is 9.82. The zero-order valence-corrected chi connectivity index (χ0v) is 10.2. The van der Waals surface area contributed by atoms with Crippen LogP contribution >= 0.6 is 0 Å². The van der Waals surface area contributed by atoms with Crippen LogP contribution in [0, 0.1) is 17.8 Å². The summed E-state index contributed by atoms with van der Waals surface area (Å²) in [6.45, 7) is 7.37. The van der Waals surface area contributed by atoms with Gasteiger partial charge < -0.3 is 10.1 Å². The van der Waals surface area contributed by atoms with Gasteiger partial charge in [-0.2, -0.15) is 5.06 Å². The molecule has 0 aromatic rings. The fourth-order valence-corrected chi connectivity index (χ4v) is 2.57. The first kappa shape index (κ1) is 11.9. The first-order chi connectivity index (χ1) is 7.58. The van der Waals surface area contributed by atoms with Crippen LogP contribution < -0.4 is 0 Å². The average molecular weight is 226 g/mol. The highest BCUT2D eigenvalue weighted by molar-refractivity contribution is 5.79. The summed E-state index contributed by atoms with van der Waals surface area (Å²) in [7, 11) is 0. The highest BCUT2D eigenvalue weighted by Crippen LogP contribution is 2.28. The summed E-state index contributed by atoms with van der Waals surface area (Å²) in [4.78, 5) is 14.0. The van der Waals surface area contributed by atoms with Gasteiger partial charge in [-0.3, -0.25) is 4.79 Å².